The second-order valence-electron chi connectivity index (χ2n) is 10.5. The first-order chi connectivity index (χ1) is 24.0. The fourth-order valence-electron chi connectivity index (χ4n) is 4.79. The molecule has 1 unspecified atom stereocenters. The summed E-state index contributed by atoms with van der Waals surface area (Å²) in [7, 11) is 1.61. The number of hydrogen-bond acceptors (Lipinski definition) is 8. The molecule has 0 bridgehead atoms. The lowest BCUT2D eigenvalue weighted by Crippen LogP contribution is -2.30. The summed E-state index contributed by atoms with van der Waals surface area (Å²) in [4.78, 5) is 45.3. The number of amides is 3. The van der Waals surface area contributed by atoms with Crippen LogP contribution in [0.2, 0.25) is 0 Å². The summed E-state index contributed by atoms with van der Waals surface area (Å²) in [5, 5.41) is 10.3. The topological polar surface area (TPSA) is 123 Å². The number of ether oxygens (including phenoxy) is 1. The number of aromatic nitrogens is 1. The van der Waals surface area contributed by atoms with E-state index in [4.69, 9.17) is 9.15 Å². The molecule has 6 aromatic rings. The Kier molecular flexibility index (Phi) is 10.6. The van der Waals surface area contributed by atoms with Gasteiger partial charge < -0.3 is 25.1 Å². The molecule has 2 aromatic heterocycles. The molecule has 2 heterocycles. The summed E-state index contributed by atoms with van der Waals surface area (Å²) in [6.45, 7) is 0. The van der Waals surface area contributed by atoms with Crippen molar-refractivity contribution < 1.29 is 23.5 Å². The van der Waals surface area contributed by atoms with Gasteiger partial charge >= 0.3 is 0 Å². The van der Waals surface area contributed by atoms with E-state index in [9.17, 15) is 14.4 Å². The number of carbonyl (C=O) groups is 3. The van der Waals surface area contributed by atoms with Gasteiger partial charge in [0, 0.05) is 33.2 Å². The van der Waals surface area contributed by atoms with Gasteiger partial charge in [-0.2, -0.15) is 0 Å². The zero-order chi connectivity index (χ0) is 34.0. The third kappa shape index (κ3) is 8.52. The molecule has 0 fully saturated rings. The van der Waals surface area contributed by atoms with Crippen LogP contribution >= 0.6 is 23.1 Å². The maximum Gasteiger partial charge on any atom is 0.272 e. The van der Waals surface area contributed by atoms with Crippen molar-refractivity contribution in [1.29, 1.82) is 0 Å². The monoisotopic (exact) mass is 686 g/mol. The fourth-order valence-corrected chi connectivity index (χ4v) is 6.53. The van der Waals surface area contributed by atoms with E-state index in [0.717, 1.165) is 16.0 Å². The van der Waals surface area contributed by atoms with E-state index in [-0.39, 0.29) is 11.6 Å². The second kappa shape index (κ2) is 15.8. The van der Waals surface area contributed by atoms with Crippen molar-refractivity contribution >= 4 is 57.7 Å². The van der Waals surface area contributed by atoms with Crippen LogP contribution in [0.4, 0.5) is 10.8 Å². The standard InChI is InChI=1S/C38H30N4O5S2/c1-46-33-17-9-8-16-30(33)32-24-48-38(41-32)42-37(45)34(25-11-4-2-5-12-25)49-29-20-18-27(19-21-29)39-36(44)31(23-28-15-10-22-47-28)40-35(43)26-13-6-3-7-14-26/h2-24,34H,1H3,(H,39,44)(H,40,43)(H,41,42,45)/b31-23-. The number of nitrogens with zero attached hydrogens (tertiary/aromatic N) is 1. The largest absolute Gasteiger partial charge is 0.496 e. The molecule has 3 N–H and O–H groups in total. The van der Waals surface area contributed by atoms with Gasteiger partial charge in [-0.1, -0.05) is 60.7 Å². The molecular formula is C38H30N4O5S2. The van der Waals surface area contributed by atoms with E-state index < -0.39 is 17.1 Å². The minimum Gasteiger partial charge on any atom is -0.496 e. The summed E-state index contributed by atoms with van der Waals surface area (Å²) in [5.74, 6) is -0.0804. The summed E-state index contributed by atoms with van der Waals surface area (Å²) < 4.78 is 10.9. The molecule has 0 radical (unpaired) electrons. The Morgan fingerprint density at radius 1 is 0.837 bits per heavy atom. The first-order valence-corrected chi connectivity index (χ1v) is 16.9. The van der Waals surface area contributed by atoms with Crippen molar-refractivity contribution in [2.75, 3.05) is 17.7 Å². The Labute approximate surface area is 291 Å². The lowest BCUT2D eigenvalue weighted by molar-refractivity contribution is -0.116. The molecular weight excluding hydrogens is 657 g/mol. The van der Waals surface area contributed by atoms with Crippen molar-refractivity contribution in [3.63, 3.8) is 0 Å². The molecule has 6 rings (SSSR count). The third-order valence-corrected chi connectivity index (χ3v) is 9.21. The van der Waals surface area contributed by atoms with Gasteiger partial charge in [-0.3, -0.25) is 14.4 Å². The van der Waals surface area contributed by atoms with E-state index >= 15 is 0 Å². The predicted molar refractivity (Wildman–Crippen MR) is 193 cm³/mol. The van der Waals surface area contributed by atoms with Gasteiger partial charge in [0.05, 0.1) is 19.1 Å². The first-order valence-electron chi connectivity index (χ1n) is 15.1. The molecule has 9 nitrogen and oxygen atoms in total. The van der Waals surface area contributed by atoms with Gasteiger partial charge in [-0.25, -0.2) is 4.98 Å². The lowest BCUT2D eigenvalue weighted by atomic mass is 10.1. The first kappa shape index (κ1) is 33.0. The maximum atomic E-state index is 13.7. The quantitative estimate of drug-likeness (QED) is 0.0875. The van der Waals surface area contributed by atoms with E-state index in [1.807, 2.05) is 72.1 Å². The van der Waals surface area contributed by atoms with E-state index in [0.29, 0.717) is 33.6 Å². The highest BCUT2D eigenvalue weighted by molar-refractivity contribution is 8.00. The van der Waals surface area contributed by atoms with Crippen LogP contribution in [0.1, 0.15) is 26.9 Å². The number of thioether (sulfide) groups is 1. The normalized spacial score (nSPS) is 11.7. The number of carbonyl (C=O) groups excluding carboxylic acids is 3. The Hall–Kier alpha value is -5.91. The van der Waals surface area contributed by atoms with Crippen LogP contribution in [-0.4, -0.2) is 29.8 Å². The van der Waals surface area contributed by atoms with Crippen LogP contribution in [0.15, 0.2) is 148 Å². The van der Waals surface area contributed by atoms with E-state index in [1.54, 1.807) is 61.7 Å². The number of benzene rings is 4. The number of furan rings is 1. The third-order valence-electron chi connectivity index (χ3n) is 7.18. The smallest absolute Gasteiger partial charge is 0.272 e. The van der Waals surface area contributed by atoms with Gasteiger partial charge in [0.2, 0.25) is 5.91 Å². The van der Waals surface area contributed by atoms with Crippen LogP contribution in [0.25, 0.3) is 17.3 Å². The molecule has 4 aromatic carbocycles. The Balaban J connectivity index is 1.16. The highest BCUT2D eigenvalue weighted by Crippen LogP contribution is 2.38. The number of anilines is 2. The van der Waals surface area contributed by atoms with Gasteiger partial charge in [0.15, 0.2) is 5.13 Å². The van der Waals surface area contributed by atoms with Gasteiger partial charge in [0.25, 0.3) is 11.8 Å². The van der Waals surface area contributed by atoms with Gasteiger partial charge in [-0.15, -0.1) is 23.1 Å². The molecule has 49 heavy (non-hydrogen) atoms. The fraction of sp³-hybridized carbons (Fsp3) is 0.0526. The van der Waals surface area contributed by atoms with Crippen molar-refractivity contribution in [1.82, 2.24) is 10.3 Å². The molecule has 244 valence electrons. The van der Waals surface area contributed by atoms with Crippen molar-refractivity contribution in [2.45, 2.75) is 10.1 Å². The Morgan fingerprint density at radius 3 is 2.27 bits per heavy atom. The number of para-hydroxylation sites is 1. The highest BCUT2D eigenvalue weighted by atomic mass is 32.2. The molecule has 0 spiro atoms. The summed E-state index contributed by atoms with van der Waals surface area (Å²) in [6, 6.07) is 36.2. The van der Waals surface area contributed by atoms with Crippen molar-refractivity contribution in [3.8, 4) is 17.0 Å². The SMILES string of the molecule is COc1ccccc1-c1csc(NC(=O)C(Sc2ccc(NC(=O)/C(=C/c3ccco3)NC(=O)c3ccccc3)cc2)c2ccccc2)n1. The van der Waals surface area contributed by atoms with Crippen molar-refractivity contribution in [2.24, 2.45) is 0 Å². The Morgan fingerprint density at radius 2 is 1.55 bits per heavy atom. The van der Waals surface area contributed by atoms with Crippen LogP contribution in [0.3, 0.4) is 0 Å². The number of hydrogen-bond donors (Lipinski definition) is 3. The minimum absolute atomic E-state index is 0.0131. The van der Waals surface area contributed by atoms with Crippen LogP contribution in [-0.2, 0) is 9.59 Å². The number of thiazole rings is 1. The number of methoxy groups -OCH3 is 1. The summed E-state index contributed by atoms with van der Waals surface area (Å²) >= 11 is 2.71. The Bertz CT molecular complexity index is 2060. The molecule has 0 saturated heterocycles. The molecule has 3 amide bonds. The molecule has 0 aliphatic rings. The second-order valence-corrected chi connectivity index (χ2v) is 12.5. The predicted octanol–water partition coefficient (Wildman–Crippen LogP) is 8.29. The minimum atomic E-state index is -0.587. The van der Waals surface area contributed by atoms with Crippen LogP contribution in [0, 0.1) is 0 Å². The summed E-state index contributed by atoms with van der Waals surface area (Å²) in [5.41, 5.74) is 3.29. The van der Waals surface area contributed by atoms with Gasteiger partial charge in [0.1, 0.15) is 22.5 Å². The van der Waals surface area contributed by atoms with Crippen molar-refractivity contribution in [3.05, 3.63) is 156 Å². The number of rotatable bonds is 12. The van der Waals surface area contributed by atoms with Gasteiger partial charge in [-0.05, 0) is 66.2 Å². The molecule has 0 saturated carbocycles. The van der Waals surface area contributed by atoms with Crippen LogP contribution in [0.5, 0.6) is 5.75 Å². The highest BCUT2D eigenvalue weighted by Gasteiger charge is 2.24. The average Bonchev–Trinajstić information content (AvgIpc) is 3.84. The van der Waals surface area contributed by atoms with E-state index in [2.05, 4.69) is 20.9 Å². The maximum absolute atomic E-state index is 13.7. The molecule has 0 aliphatic heterocycles. The molecule has 11 heteroatoms. The van der Waals surface area contributed by atoms with E-state index in [1.165, 1.54) is 35.4 Å². The number of nitrogens with one attached hydrogen (secondary N) is 3. The van der Waals surface area contributed by atoms with Crippen LogP contribution < -0.4 is 20.7 Å². The zero-order valence-corrected chi connectivity index (χ0v) is 27.8. The summed E-state index contributed by atoms with van der Waals surface area (Å²) in [6.07, 6.45) is 2.95. The average molecular weight is 687 g/mol. The molecule has 0 aliphatic carbocycles. The lowest BCUT2D eigenvalue weighted by Gasteiger charge is -2.17. The molecule has 1 atom stereocenters. The zero-order valence-electron chi connectivity index (χ0n) is 26.2.